The lowest BCUT2D eigenvalue weighted by molar-refractivity contribution is -0.114. The molecule has 0 bridgehead atoms. The van der Waals surface area contributed by atoms with Gasteiger partial charge in [-0.25, -0.2) is 8.42 Å². The molecule has 0 saturated carbocycles. The number of carbonyl (C=O) groups is 1. The van der Waals surface area contributed by atoms with Crippen molar-refractivity contribution in [2.75, 3.05) is 5.32 Å². The van der Waals surface area contributed by atoms with E-state index in [1.54, 1.807) is 6.92 Å². The van der Waals surface area contributed by atoms with Gasteiger partial charge in [0, 0.05) is 18.2 Å². The van der Waals surface area contributed by atoms with E-state index < -0.39 is 16.1 Å². The number of hydrogen-bond donors (Lipinski definition) is 2. The average Bonchev–Trinajstić information content (AvgIpc) is 3.12. The molecule has 0 fully saturated rings. The Labute approximate surface area is 163 Å². The second-order valence-corrected chi connectivity index (χ2v) is 8.08. The molecule has 0 saturated heterocycles. The molecule has 0 unspecified atom stereocenters. The molecule has 0 aliphatic carbocycles. The maximum atomic E-state index is 12.6. The number of hydrogen-bond acceptors (Lipinski definition) is 6. The fourth-order valence-electron chi connectivity index (χ4n) is 2.50. The molecule has 0 aliphatic rings. The highest BCUT2D eigenvalue weighted by Crippen LogP contribution is 2.21. The monoisotopic (exact) mass is 400 g/mol. The van der Waals surface area contributed by atoms with E-state index in [4.69, 9.17) is 4.52 Å². The fourth-order valence-corrected chi connectivity index (χ4v) is 3.70. The Hall–Kier alpha value is -3.04. The molecule has 0 spiro atoms. The van der Waals surface area contributed by atoms with Crippen molar-refractivity contribution >= 4 is 21.6 Å². The van der Waals surface area contributed by atoms with Crippen molar-refractivity contribution in [3.8, 4) is 11.4 Å². The summed E-state index contributed by atoms with van der Waals surface area (Å²) >= 11 is 0. The Morgan fingerprint density at radius 1 is 1.07 bits per heavy atom. The number of nitrogens with one attached hydrogen (secondary N) is 2. The molecule has 1 amide bonds. The minimum absolute atomic E-state index is 0.0618. The molecule has 1 aromatic heterocycles. The largest absolute Gasteiger partial charge is 0.337 e. The lowest BCUT2D eigenvalue weighted by Crippen LogP contribution is -2.27. The number of rotatable bonds is 6. The van der Waals surface area contributed by atoms with Crippen LogP contribution in [0, 0.1) is 6.92 Å². The van der Waals surface area contributed by atoms with Crippen LogP contribution in [0.4, 0.5) is 5.69 Å². The first-order valence-electron chi connectivity index (χ1n) is 8.55. The van der Waals surface area contributed by atoms with Gasteiger partial charge in [-0.15, -0.1) is 0 Å². The summed E-state index contributed by atoms with van der Waals surface area (Å²) in [4.78, 5) is 15.4. The molecule has 1 heterocycles. The van der Waals surface area contributed by atoms with Gasteiger partial charge >= 0.3 is 0 Å². The number of anilines is 1. The summed E-state index contributed by atoms with van der Waals surface area (Å²) in [5.41, 5.74) is 2.40. The highest BCUT2D eigenvalue weighted by molar-refractivity contribution is 7.89. The van der Waals surface area contributed by atoms with Crippen LogP contribution < -0.4 is 10.0 Å². The maximum absolute atomic E-state index is 12.6. The first-order chi connectivity index (χ1) is 13.2. The molecule has 28 heavy (non-hydrogen) atoms. The number of nitrogens with zero attached hydrogens (tertiary/aromatic N) is 2. The van der Waals surface area contributed by atoms with Crippen molar-refractivity contribution in [1.29, 1.82) is 0 Å². The Kier molecular flexibility index (Phi) is 5.57. The SMILES string of the molecule is CC(=O)Nc1ccc(S(=O)(=O)N[C@@H](C)c2nc(-c3ccc(C)cc3)no2)cc1. The molecule has 0 radical (unpaired) electrons. The van der Waals surface area contributed by atoms with Crippen LogP contribution in [0.3, 0.4) is 0 Å². The molecular weight excluding hydrogens is 380 g/mol. The highest BCUT2D eigenvalue weighted by atomic mass is 32.2. The van der Waals surface area contributed by atoms with Crippen LogP contribution in [-0.2, 0) is 14.8 Å². The summed E-state index contributed by atoms with van der Waals surface area (Å²) in [6.45, 7) is 4.98. The van der Waals surface area contributed by atoms with Gasteiger partial charge in [-0.3, -0.25) is 4.79 Å². The zero-order valence-corrected chi connectivity index (χ0v) is 16.4. The molecule has 1 atom stereocenters. The van der Waals surface area contributed by atoms with E-state index >= 15 is 0 Å². The van der Waals surface area contributed by atoms with Crippen molar-refractivity contribution in [2.45, 2.75) is 31.7 Å². The quantitative estimate of drug-likeness (QED) is 0.657. The lowest BCUT2D eigenvalue weighted by Gasteiger charge is -2.11. The summed E-state index contributed by atoms with van der Waals surface area (Å²) in [6.07, 6.45) is 0. The van der Waals surface area contributed by atoms with E-state index in [0.717, 1.165) is 11.1 Å². The molecular formula is C19H20N4O4S. The number of aromatic nitrogens is 2. The van der Waals surface area contributed by atoms with E-state index in [0.29, 0.717) is 11.5 Å². The van der Waals surface area contributed by atoms with E-state index in [9.17, 15) is 13.2 Å². The van der Waals surface area contributed by atoms with Crippen molar-refractivity contribution in [3.05, 3.63) is 60.0 Å². The second-order valence-electron chi connectivity index (χ2n) is 6.37. The lowest BCUT2D eigenvalue weighted by atomic mass is 10.1. The third-order valence-corrected chi connectivity index (χ3v) is 5.50. The number of carbonyl (C=O) groups excluding carboxylic acids is 1. The topological polar surface area (TPSA) is 114 Å². The first-order valence-corrected chi connectivity index (χ1v) is 10.0. The van der Waals surface area contributed by atoms with Crippen LogP contribution in [0.5, 0.6) is 0 Å². The predicted molar refractivity (Wildman–Crippen MR) is 104 cm³/mol. The van der Waals surface area contributed by atoms with Gasteiger partial charge in [0.2, 0.25) is 27.6 Å². The van der Waals surface area contributed by atoms with Gasteiger partial charge < -0.3 is 9.84 Å². The Bertz CT molecular complexity index is 1070. The Balaban J connectivity index is 1.73. The summed E-state index contributed by atoms with van der Waals surface area (Å²) in [7, 11) is -3.80. The van der Waals surface area contributed by atoms with E-state index in [1.165, 1.54) is 31.2 Å². The van der Waals surface area contributed by atoms with Gasteiger partial charge in [0.05, 0.1) is 10.9 Å². The summed E-state index contributed by atoms with van der Waals surface area (Å²) in [6, 6.07) is 12.7. The normalized spacial score (nSPS) is 12.5. The van der Waals surface area contributed by atoms with Crippen LogP contribution in [0.15, 0.2) is 57.9 Å². The molecule has 0 aliphatic heterocycles. The molecule has 2 N–H and O–H groups in total. The van der Waals surface area contributed by atoms with E-state index in [1.807, 2.05) is 31.2 Å². The molecule has 9 heteroatoms. The number of sulfonamides is 1. The number of amides is 1. The van der Waals surface area contributed by atoms with Crippen molar-refractivity contribution < 1.29 is 17.7 Å². The van der Waals surface area contributed by atoms with Gasteiger partial charge in [0.15, 0.2) is 0 Å². The zero-order chi connectivity index (χ0) is 20.3. The molecule has 8 nitrogen and oxygen atoms in total. The van der Waals surface area contributed by atoms with Gasteiger partial charge in [0.25, 0.3) is 0 Å². The van der Waals surface area contributed by atoms with Crippen molar-refractivity contribution in [3.63, 3.8) is 0 Å². The summed E-state index contributed by atoms with van der Waals surface area (Å²) < 4.78 is 32.9. The number of aryl methyl sites for hydroxylation is 1. The van der Waals surface area contributed by atoms with Crippen LogP contribution in [0.25, 0.3) is 11.4 Å². The Morgan fingerprint density at radius 2 is 1.71 bits per heavy atom. The van der Waals surface area contributed by atoms with E-state index in [2.05, 4.69) is 20.2 Å². The minimum atomic E-state index is -3.80. The van der Waals surface area contributed by atoms with E-state index in [-0.39, 0.29) is 16.7 Å². The second kappa shape index (κ2) is 7.91. The highest BCUT2D eigenvalue weighted by Gasteiger charge is 2.22. The minimum Gasteiger partial charge on any atom is -0.337 e. The smallest absolute Gasteiger partial charge is 0.244 e. The maximum Gasteiger partial charge on any atom is 0.244 e. The summed E-state index contributed by atoms with van der Waals surface area (Å²) in [5.74, 6) is 0.317. The van der Waals surface area contributed by atoms with Crippen LogP contribution >= 0.6 is 0 Å². The first kappa shape index (κ1) is 19.7. The third-order valence-electron chi connectivity index (χ3n) is 3.94. The molecule has 3 aromatic rings. The van der Waals surface area contributed by atoms with Gasteiger partial charge in [-0.05, 0) is 38.1 Å². The van der Waals surface area contributed by atoms with Gasteiger partial charge in [-0.1, -0.05) is 35.0 Å². The predicted octanol–water partition coefficient (Wildman–Crippen LogP) is 3.04. The van der Waals surface area contributed by atoms with Crippen molar-refractivity contribution in [1.82, 2.24) is 14.9 Å². The summed E-state index contributed by atoms with van der Waals surface area (Å²) in [5, 5.41) is 6.50. The van der Waals surface area contributed by atoms with Crippen LogP contribution in [0.1, 0.15) is 31.3 Å². The standard InChI is InChI=1S/C19H20N4O4S/c1-12-4-6-15(7-5-12)18-21-19(27-22-18)13(2)23-28(25,26)17-10-8-16(9-11-17)20-14(3)24/h4-11,13,23H,1-3H3,(H,20,24)/t13-/m0/s1. The van der Waals surface area contributed by atoms with Crippen LogP contribution in [-0.4, -0.2) is 24.5 Å². The fraction of sp³-hybridized carbons (Fsp3) is 0.211. The molecule has 146 valence electrons. The average molecular weight is 400 g/mol. The molecule has 2 aromatic carbocycles. The van der Waals surface area contributed by atoms with Crippen LogP contribution in [0.2, 0.25) is 0 Å². The van der Waals surface area contributed by atoms with Gasteiger partial charge in [-0.2, -0.15) is 9.71 Å². The number of benzene rings is 2. The van der Waals surface area contributed by atoms with Gasteiger partial charge in [0.1, 0.15) is 0 Å². The zero-order valence-electron chi connectivity index (χ0n) is 15.6. The third kappa shape index (κ3) is 4.62. The Morgan fingerprint density at radius 3 is 2.32 bits per heavy atom. The van der Waals surface area contributed by atoms with Crippen molar-refractivity contribution in [2.24, 2.45) is 0 Å². The molecule has 3 rings (SSSR count).